The first-order chi connectivity index (χ1) is 21.3. The zero-order valence-electron chi connectivity index (χ0n) is 25.7. The number of imidazole rings is 1. The number of carbonyl (C=O) groups is 1. The van der Waals surface area contributed by atoms with Crippen molar-refractivity contribution >= 4 is 39.4 Å². The molecular weight excluding hydrogens is 548 g/mol. The first kappa shape index (κ1) is 27.2. The first-order valence-corrected chi connectivity index (χ1v) is 16.0. The highest BCUT2D eigenvalue weighted by atomic mass is 16.6. The second kappa shape index (κ2) is 10.4. The number of rotatable bonds is 4. The van der Waals surface area contributed by atoms with Gasteiger partial charge in [-0.15, -0.1) is 0 Å². The molecule has 0 radical (unpaired) electrons. The molecule has 1 N–H and O–H groups in total. The molecule has 0 bridgehead atoms. The van der Waals surface area contributed by atoms with Crippen LogP contribution in [0.2, 0.25) is 0 Å². The lowest BCUT2D eigenvalue weighted by Crippen LogP contribution is -2.43. The lowest BCUT2D eigenvalue weighted by atomic mass is 9.98. The maximum absolute atomic E-state index is 12.9. The molecule has 7 nitrogen and oxygen atoms in total. The number of benzene rings is 3. The molecule has 0 spiro atoms. The van der Waals surface area contributed by atoms with Crippen molar-refractivity contribution in [3.05, 3.63) is 72.2 Å². The summed E-state index contributed by atoms with van der Waals surface area (Å²) in [6.07, 6.45) is 9.39. The number of H-pyrrole nitrogens is 1. The fourth-order valence-electron chi connectivity index (χ4n) is 7.26. The van der Waals surface area contributed by atoms with Crippen LogP contribution >= 0.6 is 0 Å². The Hall–Kier alpha value is -4.39. The van der Waals surface area contributed by atoms with Gasteiger partial charge in [-0.1, -0.05) is 31.0 Å². The van der Waals surface area contributed by atoms with Crippen LogP contribution in [-0.4, -0.2) is 44.9 Å². The molecule has 0 unspecified atom stereocenters. The minimum absolute atomic E-state index is 0.00598. The second-order valence-electron chi connectivity index (χ2n) is 13.6. The van der Waals surface area contributed by atoms with Crippen LogP contribution in [-0.2, 0) is 11.2 Å². The van der Waals surface area contributed by atoms with E-state index in [-0.39, 0.29) is 12.1 Å². The van der Waals surface area contributed by atoms with E-state index in [2.05, 4.69) is 59.6 Å². The van der Waals surface area contributed by atoms with E-state index in [1.54, 1.807) is 0 Å². The van der Waals surface area contributed by atoms with Crippen molar-refractivity contribution in [3.8, 4) is 22.4 Å². The molecule has 1 aliphatic carbocycles. The fourth-order valence-corrected chi connectivity index (χ4v) is 7.26. The van der Waals surface area contributed by atoms with Crippen LogP contribution in [0.15, 0.2) is 70.2 Å². The number of aromatic nitrogens is 2. The molecule has 1 saturated heterocycles. The summed E-state index contributed by atoms with van der Waals surface area (Å²) in [5.74, 6) is 1.67. The van der Waals surface area contributed by atoms with E-state index in [1.165, 1.54) is 31.2 Å². The number of nitrogens with zero attached hydrogens (tertiary/aromatic N) is 3. The zero-order chi connectivity index (χ0) is 30.0. The first-order valence-electron chi connectivity index (χ1n) is 16.0. The van der Waals surface area contributed by atoms with E-state index in [0.717, 1.165) is 80.8 Å². The summed E-state index contributed by atoms with van der Waals surface area (Å²) in [6.45, 7) is 6.44. The van der Waals surface area contributed by atoms with Gasteiger partial charge >= 0.3 is 6.09 Å². The number of amides is 1. The Balaban J connectivity index is 1.03. The summed E-state index contributed by atoms with van der Waals surface area (Å²) >= 11 is 0. The number of nitrogens with one attached hydrogen (secondary N) is 1. The van der Waals surface area contributed by atoms with E-state index in [0.29, 0.717) is 12.5 Å². The molecular formula is C37H38N4O3. The third-order valence-electron chi connectivity index (χ3n) is 9.44. The Kier molecular flexibility index (Phi) is 6.40. The standard InChI is InChI=1S/C37H38N4O3/c1-37(2,3)44-36(42)41-16-6-9-32(41)30-18-26-17-23(12-15-29(26)39-30)24-10-13-27-28-14-11-25(20-34(28)43-33(27)19-24)31-21-38-35(40-31)22-7-4-5-8-22/h10-15,17,19-22,32H,4-9,16,18H2,1-3H3,(H,38,40)/t32-/m0/s1. The smallest absolute Gasteiger partial charge is 0.410 e. The minimum Gasteiger partial charge on any atom is -0.456 e. The summed E-state index contributed by atoms with van der Waals surface area (Å²) in [5.41, 5.74) is 8.86. The van der Waals surface area contributed by atoms with Crippen LogP contribution in [0.3, 0.4) is 0 Å². The van der Waals surface area contributed by atoms with Gasteiger partial charge in [0.25, 0.3) is 0 Å². The third kappa shape index (κ3) is 4.88. The lowest BCUT2D eigenvalue weighted by Gasteiger charge is -2.28. The van der Waals surface area contributed by atoms with Gasteiger partial charge in [-0.25, -0.2) is 9.78 Å². The number of carbonyl (C=O) groups excluding carboxylic acids is 1. The van der Waals surface area contributed by atoms with E-state index in [9.17, 15) is 4.79 Å². The molecule has 1 atom stereocenters. The summed E-state index contributed by atoms with van der Waals surface area (Å²) in [7, 11) is 0. The third-order valence-corrected chi connectivity index (χ3v) is 9.44. The summed E-state index contributed by atoms with van der Waals surface area (Å²) < 4.78 is 12.1. The maximum Gasteiger partial charge on any atom is 0.410 e. The normalized spacial score (nSPS) is 18.8. The Labute approximate surface area is 257 Å². The predicted molar refractivity (Wildman–Crippen MR) is 175 cm³/mol. The highest BCUT2D eigenvalue weighted by molar-refractivity contribution is 6.07. The van der Waals surface area contributed by atoms with Gasteiger partial charge in [-0.2, -0.15) is 0 Å². The van der Waals surface area contributed by atoms with E-state index >= 15 is 0 Å². The maximum atomic E-state index is 12.9. The molecule has 5 aromatic rings. The van der Waals surface area contributed by atoms with Crippen LogP contribution in [0.4, 0.5) is 10.5 Å². The average Bonchev–Trinajstić information content (AvgIpc) is 3.83. The van der Waals surface area contributed by atoms with Crippen LogP contribution in [0, 0.1) is 0 Å². The van der Waals surface area contributed by atoms with Crippen molar-refractivity contribution in [1.29, 1.82) is 0 Å². The summed E-state index contributed by atoms with van der Waals surface area (Å²) in [6, 6.07) is 19.4. The molecule has 7 heteroatoms. The Morgan fingerprint density at radius 1 is 0.909 bits per heavy atom. The van der Waals surface area contributed by atoms with Crippen molar-refractivity contribution in [2.45, 2.75) is 83.3 Å². The monoisotopic (exact) mass is 586 g/mol. The van der Waals surface area contributed by atoms with Crippen LogP contribution in [0.25, 0.3) is 44.3 Å². The van der Waals surface area contributed by atoms with Crippen molar-refractivity contribution in [1.82, 2.24) is 14.9 Å². The molecule has 44 heavy (non-hydrogen) atoms. The molecule has 224 valence electrons. The molecule has 1 amide bonds. The van der Waals surface area contributed by atoms with Crippen LogP contribution < -0.4 is 0 Å². The van der Waals surface area contributed by atoms with Gasteiger partial charge in [0, 0.05) is 40.9 Å². The number of fused-ring (bicyclic) bond motifs is 4. The Morgan fingerprint density at radius 3 is 2.39 bits per heavy atom. The van der Waals surface area contributed by atoms with Crippen LogP contribution in [0.1, 0.15) is 76.6 Å². The van der Waals surface area contributed by atoms with Crippen molar-refractivity contribution in [2.24, 2.45) is 4.99 Å². The predicted octanol–water partition coefficient (Wildman–Crippen LogP) is 9.33. The molecule has 3 aromatic carbocycles. The summed E-state index contributed by atoms with van der Waals surface area (Å²) in [4.78, 5) is 28.0. The van der Waals surface area contributed by atoms with Crippen molar-refractivity contribution in [2.75, 3.05) is 6.54 Å². The molecule has 1 saturated carbocycles. The quantitative estimate of drug-likeness (QED) is 0.227. The van der Waals surface area contributed by atoms with Crippen molar-refractivity contribution < 1.29 is 13.9 Å². The van der Waals surface area contributed by atoms with Gasteiger partial charge in [-0.3, -0.25) is 9.89 Å². The Bertz CT molecular complexity index is 1940. The number of hydrogen-bond donors (Lipinski definition) is 1. The van der Waals surface area contributed by atoms with E-state index in [1.807, 2.05) is 31.9 Å². The van der Waals surface area contributed by atoms with Crippen molar-refractivity contribution in [3.63, 3.8) is 0 Å². The molecule has 4 heterocycles. The zero-order valence-corrected chi connectivity index (χ0v) is 25.7. The van der Waals surface area contributed by atoms with Gasteiger partial charge < -0.3 is 14.1 Å². The minimum atomic E-state index is -0.513. The number of hydrogen-bond acceptors (Lipinski definition) is 5. The van der Waals surface area contributed by atoms with E-state index in [4.69, 9.17) is 19.1 Å². The van der Waals surface area contributed by atoms with Crippen LogP contribution in [0.5, 0.6) is 0 Å². The van der Waals surface area contributed by atoms with Gasteiger partial charge in [-0.05, 0) is 99.5 Å². The molecule has 8 rings (SSSR count). The molecule has 2 fully saturated rings. The molecule has 2 aliphatic heterocycles. The number of aromatic amines is 1. The lowest BCUT2D eigenvalue weighted by molar-refractivity contribution is 0.0265. The average molecular weight is 587 g/mol. The number of ether oxygens (including phenoxy) is 1. The van der Waals surface area contributed by atoms with Gasteiger partial charge in [0.1, 0.15) is 22.6 Å². The highest BCUT2D eigenvalue weighted by Crippen LogP contribution is 2.38. The number of likely N-dealkylation sites (tertiary alicyclic amines) is 1. The van der Waals surface area contributed by atoms with Gasteiger partial charge in [0.15, 0.2) is 0 Å². The largest absolute Gasteiger partial charge is 0.456 e. The number of aliphatic imine (C=N–C) groups is 1. The van der Waals surface area contributed by atoms with E-state index < -0.39 is 5.60 Å². The number of furan rings is 1. The highest BCUT2D eigenvalue weighted by Gasteiger charge is 2.36. The SMILES string of the molecule is CC(C)(C)OC(=O)N1CCC[C@H]1C1=Nc2ccc(-c3ccc4c(c3)oc3cc(-c5cnc(C6CCCC6)[nH]5)ccc34)cc2C1. The fraction of sp³-hybridized carbons (Fsp3) is 0.378. The second-order valence-corrected chi connectivity index (χ2v) is 13.6. The molecule has 2 aromatic heterocycles. The molecule has 3 aliphatic rings. The van der Waals surface area contributed by atoms with Gasteiger partial charge in [0.2, 0.25) is 0 Å². The van der Waals surface area contributed by atoms with Gasteiger partial charge in [0.05, 0.1) is 23.6 Å². The Morgan fingerprint density at radius 2 is 1.61 bits per heavy atom. The summed E-state index contributed by atoms with van der Waals surface area (Å²) in [5, 5.41) is 2.23. The topological polar surface area (TPSA) is 83.7 Å².